The SMILES string of the molecule is COC(=O)c1ccc(C(=O)OC)c(O[PH](=O)Oc2cc(C(=O)OC)ccc2C(=O)OC)c1. The normalized spacial score (nSPS) is 10.2. The van der Waals surface area contributed by atoms with E-state index in [1.807, 2.05) is 0 Å². The lowest BCUT2D eigenvalue weighted by Gasteiger charge is -2.14. The number of rotatable bonds is 8. The zero-order valence-electron chi connectivity index (χ0n) is 17.5. The second kappa shape index (κ2) is 11.0. The average molecular weight is 466 g/mol. The third kappa shape index (κ3) is 5.64. The van der Waals surface area contributed by atoms with Crippen LogP contribution < -0.4 is 9.05 Å². The molecule has 0 bridgehead atoms. The molecule has 0 heterocycles. The molecule has 0 aliphatic carbocycles. The number of benzene rings is 2. The summed E-state index contributed by atoms with van der Waals surface area (Å²) in [6.45, 7) is 0. The number of carbonyl (C=O) groups is 4. The smallest absolute Gasteiger partial charge is 0.419 e. The Bertz CT molecular complexity index is 994. The van der Waals surface area contributed by atoms with Crippen LogP contribution in [0.1, 0.15) is 41.4 Å². The molecule has 0 aromatic heterocycles. The van der Waals surface area contributed by atoms with Gasteiger partial charge in [-0.2, -0.15) is 0 Å². The fourth-order valence-electron chi connectivity index (χ4n) is 2.46. The Morgan fingerprint density at radius 2 is 0.938 bits per heavy atom. The highest BCUT2D eigenvalue weighted by Gasteiger charge is 2.22. The first kappa shape index (κ1) is 24.4. The first-order chi connectivity index (χ1) is 15.2. The number of ether oxygens (including phenoxy) is 4. The summed E-state index contributed by atoms with van der Waals surface area (Å²) in [6, 6.07) is 7.27. The standard InChI is InChI=1S/C20H19O11P/c1-26-17(21)11-5-7-13(19(23)28-3)15(9-11)30-32(25)31-16-10-12(18(22)27-2)6-8-14(16)20(24)29-4/h5-10,32H,1-4H3. The fraction of sp³-hybridized carbons (Fsp3) is 0.200. The van der Waals surface area contributed by atoms with Crippen molar-refractivity contribution in [2.75, 3.05) is 28.4 Å². The Balaban J connectivity index is 2.41. The predicted molar refractivity (Wildman–Crippen MR) is 108 cm³/mol. The van der Waals surface area contributed by atoms with E-state index in [9.17, 15) is 23.7 Å². The second-order valence-corrected chi connectivity index (χ2v) is 6.75. The molecule has 2 aromatic rings. The molecule has 0 fully saturated rings. The molecule has 11 nitrogen and oxygen atoms in total. The van der Waals surface area contributed by atoms with Gasteiger partial charge in [-0.3, -0.25) is 0 Å². The van der Waals surface area contributed by atoms with E-state index in [2.05, 4.69) is 18.9 Å². The molecule has 12 heteroatoms. The van der Waals surface area contributed by atoms with Gasteiger partial charge < -0.3 is 28.0 Å². The average Bonchev–Trinajstić information content (AvgIpc) is 2.81. The summed E-state index contributed by atoms with van der Waals surface area (Å²) in [6.07, 6.45) is 0. The topological polar surface area (TPSA) is 141 Å². The highest BCUT2D eigenvalue weighted by Crippen LogP contribution is 2.36. The maximum absolute atomic E-state index is 12.6. The summed E-state index contributed by atoms with van der Waals surface area (Å²) < 4.78 is 41.6. The van der Waals surface area contributed by atoms with Crippen molar-refractivity contribution in [1.29, 1.82) is 0 Å². The van der Waals surface area contributed by atoms with Crippen molar-refractivity contribution in [2.24, 2.45) is 0 Å². The minimum absolute atomic E-state index is 0.00731. The Kier molecular flexibility index (Phi) is 8.37. The Morgan fingerprint density at radius 1 is 0.594 bits per heavy atom. The van der Waals surface area contributed by atoms with Crippen LogP contribution in [0.4, 0.5) is 0 Å². The van der Waals surface area contributed by atoms with Crippen LogP contribution in [0.5, 0.6) is 11.5 Å². The van der Waals surface area contributed by atoms with Crippen LogP contribution in [-0.2, 0) is 23.5 Å². The molecule has 32 heavy (non-hydrogen) atoms. The largest absolute Gasteiger partial charge is 0.465 e. The van der Waals surface area contributed by atoms with Gasteiger partial charge in [-0.1, -0.05) is 0 Å². The highest BCUT2D eigenvalue weighted by atomic mass is 31.1. The minimum Gasteiger partial charge on any atom is -0.465 e. The fourth-order valence-corrected chi connectivity index (χ4v) is 3.20. The van der Waals surface area contributed by atoms with Gasteiger partial charge in [0.1, 0.15) is 22.6 Å². The zero-order valence-corrected chi connectivity index (χ0v) is 18.5. The predicted octanol–water partition coefficient (Wildman–Crippen LogP) is 2.68. The van der Waals surface area contributed by atoms with E-state index >= 15 is 0 Å². The maximum atomic E-state index is 12.6. The minimum atomic E-state index is -3.49. The first-order valence-electron chi connectivity index (χ1n) is 8.76. The van der Waals surface area contributed by atoms with Gasteiger partial charge in [0.05, 0.1) is 39.6 Å². The van der Waals surface area contributed by atoms with Crippen LogP contribution >= 0.6 is 8.25 Å². The van der Waals surface area contributed by atoms with Gasteiger partial charge in [-0.15, -0.1) is 0 Å². The molecule has 2 rings (SSSR count). The molecule has 170 valence electrons. The third-order valence-corrected chi connectivity index (χ3v) is 4.78. The summed E-state index contributed by atoms with van der Waals surface area (Å²) >= 11 is 0. The monoisotopic (exact) mass is 466 g/mol. The number of methoxy groups -OCH3 is 4. The van der Waals surface area contributed by atoms with Crippen molar-refractivity contribution in [2.45, 2.75) is 0 Å². The number of hydrogen-bond donors (Lipinski definition) is 0. The molecule has 0 saturated carbocycles. The first-order valence-corrected chi connectivity index (χ1v) is 9.99. The van der Waals surface area contributed by atoms with Crippen molar-refractivity contribution in [1.82, 2.24) is 0 Å². The summed E-state index contributed by atoms with van der Waals surface area (Å²) in [4.78, 5) is 47.6. The molecule has 0 unspecified atom stereocenters. The van der Waals surface area contributed by atoms with Crippen molar-refractivity contribution in [3.05, 3.63) is 58.7 Å². The quantitative estimate of drug-likeness (QED) is 0.322. The molecule has 0 aliphatic rings. The lowest BCUT2D eigenvalue weighted by atomic mass is 10.1. The van der Waals surface area contributed by atoms with Crippen LogP contribution in [0.15, 0.2) is 36.4 Å². The van der Waals surface area contributed by atoms with Crippen LogP contribution in [-0.4, -0.2) is 52.3 Å². The van der Waals surface area contributed by atoms with Gasteiger partial charge in [0.15, 0.2) is 0 Å². The van der Waals surface area contributed by atoms with Gasteiger partial charge in [0, 0.05) is 0 Å². The Labute approximate surface area is 183 Å². The van der Waals surface area contributed by atoms with E-state index in [4.69, 9.17) is 9.05 Å². The van der Waals surface area contributed by atoms with Crippen molar-refractivity contribution in [3.63, 3.8) is 0 Å². The molecular formula is C20H19O11P. The molecular weight excluding hydrogens is 447 g/mol. The maximum Gasteiger partial charge on any atom is 0.419 e. The lowest BCUT2D eigenvalue weighted by molar-refractivity contribution is 0.0584. The van der Waals surface area contributed by atoms with E-state index in [-0.39, 0.29) is 33.8 Å². The summed E-state index contributed by atoms with van der Waals surface area (Å²) in [5.41, 5.74) is -0.266. The second-order valence-electron chi connectivity index (χ2n) is 5.84. The summed E-state index contributed by atoms with van der Waals surface area (Å²) in [5, 5.41) is 0. The van der Waals surface area contributed by atoms with E-state index in [1.54, 1.807) is 0 Å². The van der Waals surface area contributed by atoms with Crippen LogP contribution in [0.2, 0.25) is 0 Å². The number of carbonyl (C=O) groups excluding carboxylic acids is 4. The molecule has 2 aromatic carbocycles. The summed E-state index contributed by atoms with van der Waals surface area (Å²) in [7, 11) is 1.08. The van der Waals surface area contributed by atoms with Crippen LogP contribution in [0, 0.1) is 0 Å². The molecule has 0 aliphatic heterocycles. The van der Waals surface area contributed by atoms with Crippen LogP contribution in [0.25, 0.3) is 0 Å². The number of hydrogen-bond acceptors (Lipinski definition) is 11. The molecule has 0 N–H and O–H groups in total. The van der Waals surface area contributed by atoms with Crippen molar-refractivity contribution >= 4 is 32.1 Å². The number of esters is 4. The Morgan fingerprint density at radius 3 is 1.25 bits per heavy atom. The van der Waals surface area contributed by atoms with Gasteiger partial charge in [-0.05, 0) is 36.4 Å². The molecule has 0 radical (unpaired) electrons. The van der Waals surface area contributed by atoms with E-state index in [0.717, 1.165) is 40.6 Å². The third-order valence-electron chi connectivity index (χ3n) is 4.00. The van der Waals surface area contributed by atoms with E-state index in [0.29, 0.717) is 0 Å². The van der Waals surface area contributed by atoms with Crippen molar-refractivity contribution in [3.8, 4) is 11.5 Å². The molecule has 0 spiro atoms. The van der Waals surface area contributed by atoms with E-state index < -0.39 is 32.1 Å². The van der Waals surface area contributed by atoms with E-state index in [1.165, 1.54) is 24.3 Å². The zero-order chi connectivity index (χ0) is 23.8. The highest BCUT2D eigenvalue weighted by molar-refractivity contribution is 7.34. The Hall–Kier alpha value is -3.85. The lowest BCUT2D eigenvalue weighted by Crippen LogP contribution is -2.09. The van der Waals surface area contributed by atoms with Crippen LogP contribution in [0.3, 0.4) is 0 Å². The molecule has 0 amide bonds. The molecule has 0 atom stereocenters. The summed E-state index contributed by atoms with van der Waals surface area (Å²) in [5.74, 6) is -3.68. The van der Waals surface area contributed by atoms with Gasteiger partial charge in [-0.25, -0.2) is 23.7 Å². The molecule has 0 saturated heterocycles. The van der Waals surface area contributed by atoms with Gasteiger partial charge in [0.25, 0.3) is 0 Å². The van der Waals surface area contributed by atoms with Gasteiger partial charge in [0.2, 0.25) is 0 Å². The van der Waals surface area contributed by atoms with Crippen molar-refractivity contribution < 1.29 is 51.7 Å². The van der Waals surface area contributed by atoms with Gasteiger partial charge >= 0.3 is 32.1 Å².